The van der Waals surface area contributed by atoms with Gasteiger partial charge < -0.3 is 15.4 Å². The molecule has 1 heterocycles. The van der Waals surface area contributed by atoms with Gasteiger partial charge >= 0.3 is 5.97 Å². The van der Waals surface area contributed by atoms with Gasteiger partial charge in [0.15, 0.2) is 0 Å². The van der Waals surface area contributed by atoms with Crippen molar-refractivity contribution in [3.63, 3.8) is 0 Å². The van der Waals surface area contributed by atoms with E-state index >= 15 is 0 Å². The van der Waals surface area contributed by atoms with E-state index in [9.17, 15) is 13.2 Å². The summed E-state index contributed by atoms with van der Waals surface area (Å²) < 4.78 is 32.7. The Morgan fingerprint density at radius 1 is 1.00 bits per heavy atom. The Balaban J connectivity index is 1.72. The molecule has 0 spiro atoms. The van der Waals surface area contributed by atoms with E-state index in [-0.39, 0.29) is 17.1 Å². The van der Waals surface area contributed by atoms with Crippen LogP contribution in [0.3, 0.4) is 0 Å². The van der Waals surface area contributed by atoms with Gasteiger partial charge in [-0.05, 0) is 76.6 Å². The maximum absolute atomic E-state index is 12.5. The van der Waals surface area contributed by atoms with Crippen LogP contribution in [0.25, 0.3) is 5.57 Å². The van der Waals surface area contributed by atoms with Gasteiger partial charge in [0.1, 0.15) is 5.82 Å². The van der Waals surface area contributed by atoms with Crippen molar-refractivity contribution in [2.45, 2.75) is 45.1 Å². The van der Waals surface area contributed by atoms with E-state index in [1.54, 1.807) is 70.3 Å². The molecule has 10 heteroatoms. The molecule has 3 N–H and O–H groups in total. The van der Waals surface area contributed by atoms with E-state index in [4.69, 9.17) is 4.74 Å². The number of ether oxygens (including phenoxy) is 1. The van der Waals surface area contributed by atoms with Crippen LogP contribution in [0.5, 0.6) is 0 Å². The summed E-state index contributed by atoms with van der Waals surface area (Å²) >= 11 is 0. The van der Waals surface area contributed by atoms with Crippen LogP contribution < -0.4 is 15.4 Å². The highest BCUT2D eigenvalue weighted by Crippen LogP contribution is 2.24. The van der Waals surface area contributed by atoms with Crippen molar-refractivity contribution in [2.75, 3.05) is 17.2 Å². The summed E-state index contributed by atoms with van der Waals surface area (Å²) in [6.45, 7) is 13.1. The maximum Gasteiger partial charge on any atom is 0.338 e. The number of benzene rings is 2. The molecule has 3 rings (SSSR count). The van der Waals surface area contributed by atoms with Gasteiger partial charge in [0, 0.05) is 28.7 Å². The summed E-state index contributed by atoms with van der Waals surface area (Å²) in [5.41, 5.74) is 2.59. The van der Waals surface area contributed by atoms with E-state index in [2.05, 4.69) is 31.9 Å². The Hall–Kier alpha value is -3.76. The molecule has 0 radical (unpaired) electrons. The Labute approximate surface area is 212 Å². The average Bonchev–Trinajstić information content (AvgIpc) is 2.80. The molecule has 0 fully saturated rings. The van der Waals surface area contributed by atoms with Crippen LogP contribution in [0.4, 0.5) is 23.1 Å². The van der Waals surface area contributed by atoms with Gasteiger partial charge in [-0.1, -0.05) is 18.7 Å². The smallest absolute Gasteiger partial charge is 0.338 e. The van der Waals surface area contributed by atoms with Crippen LogP contribution in [0, 0.1) is 6.92 Å². The number of hydrogen-bond acceptors (Lipinski definition) is 8. The number of nitrogens with one attached hydrogen (secondary N) is 3. The fraction of sp³-hybridized carbons (Fsp3) is 0.269. The Bertz CT molecular complexity index is 1350. The third-order valence-electron chi connectivity index (χ3n) is 4.85. The minimum Gasteiger partial charge on any atom is -0.462 e. The number of aryl methyl sites for hydroxylation is 1. The van der Waals surface area contributed by atoms with Crippen molar-refractivity contribution in [3.8, 4) is 0 Å². The highest BCUT2D eigenvalue weighted by atomic mass is 32.2. The quantitative estimate of drug-likeness (QED) is 0.274. The van der Waals surface area contributed by atoms with Gasteiger partial charge in [0.25, 0.3) is 0 Å². The molecule has 0 unspecified atom stereocenters. The molecule has 0 bridgehead atoms. The predicted molar refractivity (Wildman–Crippen MR) is 142 cm³/mol. The summed E-state index contributed by atoms with van der Waals surface area (Å²) in [4.78, 5) is 20.9. The van der Waals surface area contributed by atoms with E-state index in [0.717, 1.165) is 11.3 Å². The van der Waals surface area contributed by atoms with Crippen molar-refractivity contribution in [1.82, 2.24) is 14.7 Å². The van der Waals surface area contributed by atoms with E-state index in [1.807, 2.05) is 6.92 Å². The first kappa shape index (κ1) is 26.8. The first-order chi connectivity index (χ1) is 16.9. The topological polar surface area (TPSA) is 122 Å². The lowest BCUT2D eigenvalue weighted by molar-refractivity contribution is -0.136. The van der Waals surface area contributed by atoms with Crippen LogP contribution >= 0.6 is 0 Å². The van der Waals surface area contributed by atoms with Crippen molar-refractivity contribution in [1.29, 1.82) is 0 Å². The largest absolute Gasteiger partial charge is 0.462 e. The molecule has 0 atom stereocenters. The molecule has 190 valence electrons. The lowest BCUT2D eigenvalue weighted by Gasteiger charge is -2.20. The van der Waals surface area contributed by atoms with Crippen molar-refractivity contribution < 1.29 is 17.9 Å². The minimum absolute atomic E-state index is 0.179. The monoisotopic (exact) mass is 509 g/mol. The molecule has 0 aliphatic rings. The van der Waals surface area contributed by atoms with Crippen LogP contribution in [-0.2, 0) is 19.6 Å². The standard InChI is InChI=1S/C26H31N5O4S/c1-7-35-24(32)18(3)19-8-10-21(11-9-19)29-25-27-16-17(2)23(30-25)28-20-12-14-22(15-13-20)36(33,34)31-26(4,5)6/h8-16,31H,3,7H2,1-2,4-6H3,(H2,27,28,29,30). The third kappa shape index (κ3) is 7.12. The first-order valence-electron chi connectivity index (χ1n) is 11.4. The van der Waals surface area contributed by atoms with Gasteiger partial charge in [-0.15, -0.1) is 0 Å². The van der Waals surface area contributed by atoms with Crippen LogP contribution in [0.15, 0.2) is 66.2 Å². The first-order valence-corrected chi connectivity index (χ1v) is 12.8. The Morgan fingerprint density at radius 3 is 2.17 bits per heavy atom. The lowest BCUT2D eigenvalue weighted by Crippen LogP contribution is -2.40. The van der Waals surface area contributed by atoms with Gasteiger partial charge in [0.05, 0.1) is 17.1 Å². The van der Waals surface area contributed by atoms with Gasteiger partial charge in [-0.25, -0.2) is 22.9 Å². The van der Waals surface area contributed by atoms with Crippen LogP contribution in [-0.4, -0.2) is 36.5 Å². The van der Waals surface area contributed by atoms with Crippen LogP contribution in [0.1, 0.15) is 38.8 Å². The van der Waals surface area contributed by atoms with Crippen molar-refractivity contribution in [3.05, 3.63) is 72.4 Å². The van der Waals surface area contributed by atoms with E-state index < -0.39 is 21.5 Å². The molecule has 36 heavy (non-hydrogen) atoms. The molecule has 0 saturated carbocycles. The molecule has 0 aliphatic carbocycles. The SMILES string of the molecule is C=C(C(=O)OCC)c1ccc(Nc2ncc(C)c(Nc3ccc(S(=O)(=O)NC(C)(C)C)cc3)n2)cc1. The molecular weight excluding hydrogens is 478 g/mol. The normalized spacial score (nSPS) is 11.6. The zero-order chi connectivity index (χ0) is 26.5. The molecule has 3 aromatic rings. The fourth-order valence-electron chi connectivity index (χ4n) is 3.16. The van der Waals surface area contributed by atoms with Gasteiger partial charge in [-0.2, -0.15) is 4.98 Å². The molecule has 0 amide bonds. The minimum atomic E-state index is -3.62. The molecule has 9 nitrogen and oxygen atoms in total. The molecule has 1 aromatic heterocycles. The second kappa shape index (κ2) is 10.9. The zero-order valence-electron chi connectivity index (χ0n) is 21.0. The van der Waals surface area contributed by atoms with Crippen molar-refractivity contribution >= 4 is 44.7 Å². The maximum atomic E-state index is 12.5. The number of carbonyl (C=O) groups excluding carboxylic acids is 1. The molecule has 0 aliphatic heterocycles. The van der Waals surface area contributed by atoms with Gasteiger partial charge in [0.2, 0.25) is 16.0 Å². The van der Waals surface area contributed by atoms with Gasteiger partial charge in [-0.3, -0.25) is 0 Å². The highest BCUT2D eigenvalue weighted by molar-refractivity contribution is 7.89. The predicted octanol–water partition coefficient (Wildman–Crippen LogP) is 4.93. The van der Waals surface area contributed by atoms with E-state index in [1.165, 1.54) is 12.1 Å². The summed E-state index contributed by atoms with van der Waals surface area (Å²) in [6, 6.07) is 13.6. The summed E-state index contributed by atoms with van der Waals surface area (Å²) in [7, 11) is -3.62. The number of carbonyl (C=O) groups is 1. The Kier molecular flexibility index (Phi) is 8.11. The fourth-order valence-corrected chi connectivity index (χ4v) is 4.58. The summed E-state index contributed by atoms with van der Waals surface area (Å²) in [6.07, 6.45) is 1.68. The third-order valence-corrected chi connectivity index (χ3v) is 6.62. The number of rotatable bonds is 9. The summed E-state index contributed by atoms with van der Waals surface area (Å²) in [5.74, 6) is 0.490. The molecule has 0 saturated heterocycles. The molecule has 2 aromatic carbocycles. The number of hydrogen-bond donors (Lipinski definition) is 3. The van der Waals surface area contributed by atoms with E-state index in [0.29, 0.717) is 23.0 Å². The Morgan fingerprint density at radius 2 is 1.58 bits per heavy atom. The second-order valence-corrected chi connectivity index (χ2v) is 10.8. The highest BCUT2D eigenvalue weighted by Gasteiger charge is 2.21. The number of anilines is 4. The zero-order valence-corrected chi connectivity index (χ0v) is 21.9. The second-order valence-electron chi connectivity index (χ2n) is 9.13. The summed E-state index contributed by atoms with van der Waals surface area (Å²) in [5, 5.41) is 6.34. The molecular formula is C26H31N5O4S. The van der Waals surface area contributed by atoms with Crippen molar-refractivity contribution in [2.24, 2.45) is 0 Å². The number of sulfonamides is 1. The number of aromatic nitrogens is 2. The number of nitrogens with zero attached hydrogens (tertiary/aromatic N) is 2. The average molecular weight is 510 g/mol. The van der Waals surface area contributed by atoms with Crippen LogP contribution in [0.2, 0.25) is 0 Å². The number of esters is 1. The lowest BCUT2D eigenvalue weighted by atomic mass is 10.1.